The molecule has 122 valence electrons. The second-order valence-corrected chi connectivity index (χ2v) is 6.20. The summed E-state index contributed by atoms with van der Waals surface area (Å²) in [5.74, 6) is 0.880. The number of methoxy groups -OCH3 is 1. The number of nitrogens with one attached hydrogen (secondary N) is 1. The molecule has 0 saturated carbocycles. The number of aryl methyl sites for hydroxylation is 1. The quantitative estimate of drug-likeness (QED) is 0.800. The van der Waals surface area contributed by atoms with Crippen molar-refractivity contribution in [1.82, 2.24) is 15.1 Å². The second-order valence-electron chi connectivity index (χ2n) is 6.20. The number of nitrogens with zero attached hydrogens (tertiary/aromatic N) is 2. The number of hydrogen-bond donors (Lipinski definition) is 1. The first-order chi connectivity index (χ1) is 11.8. The molecule has 24 heavy (non-hydrogen) atoms. The van der Waals surface area contributed by atoms with Crippen molar-refractivity contribution in [2.24, 2.45) is 0 Å². The van der Waals surface area contributed by atoms with Gasteiger partial charge in [-0.15, -0.1) is 0 Å². The number of rotatable bonds is 4. The van der Waals surface area contributed by atoms with Crippen LogP contribution in [0, 0.1) is 6.92 Å². The average molecular weight is 319 g/mol. The molecule has 0 spiro atoms. The molecular formula is C20H21N3O. The van der Waals surface area contributed by atoms with E-state index in [1.54, 1.807) is 7.11 Å². The molecule has 3 aromatic rings. The van der Waals surface area contributed by atoms with Gasteiger partial charge in [0.2, 0.25) is 0 Å². The van der Waals surface area contributed by atoms with Crippen molar-refractivity contribution in [2.75, 3.05) is 7.11 Å². The van der Waals surface area contributed by atoms with E-state index in [1.807, 2.05) is 12.1 Å². The summed E-state index contributed by atoms with van der Waals surface area (Å²) in [5, 5.41) is 8.28. The van der Waals surface area contributed by atoms with Gasteiger partial charge in [0.1, 0.15) is 5.75 Å². The lowest BCUT2D eigenvalue weighted by molar-refractivity contribution is 0.414. The van der Waals surface area contributed by atoms with Gasteiger partial charge in [-0.2, -0.15) is 5.10 Å². The highest BCUT2D eigenvalue weighted by atomic mass is 16.5. The molecule has 4 rings (SSSR count). The molecule has 0 unspecified atom stereocenters. The van der Waals surface area contributed by atoms with Crippen LogP contribution >= 0.6 is 0 Å². The molecule has 0 atom stereocenters. The third-order valence-corrected chi connectivity index (χ3v) is 4.62. The SMILES string of the molecule is COc1ccc(Cn2nc3c(c2-c2ccccc2C)CNC3)cc1. The van der Waals surface area contributed by atoms with E-state index < -0.39 is 0 Å². The Balaban J connectivity index is 1.77. The zero-order valence-corrected chi connectivity index (χ0v) is 14.0. The molecular weight excluding hydrogens is 298 g/mol. The Morgan fingerprint density at radius 3 is 2.62 bits per heavy atom. The lowest BCUT2D eigenvalue weighted by atomic mass is 10.0. The van der Waals surface area contributed by atoms with Crippen molar-refractivity contribution in [2.45, 2.75) is 26.6 Å². The number of benzene rings is 2. The fraction of sp³-hybridized carbons (Fsp3) is 0.250. The summed E-state index contributed by atoms with van der Waals surface area (Å²) in [6.45, 7) is 4.67. The van der Waals surface area contributed by atoms with E-state index in [-0.39, 0.29) is 0 Å². The van der Waals surface area contributed by atoms with Gasteiger partial charge < -0.3 is 10.1 Å². The van der Waals surface area contributed by atoms with Crippen LogP contribution in [0.15, 0.2) is 48.5 Å². The summed E-state index contributed by atoms with van der Waals surface area (Å²) in [4.78, 5) is 0. The van der Waals surface area contributed by atoms with Crippen LogP contribution < -0.4 is 10.1 Å². The normalized spacial score (nSPS) is 13.1. The third-order valence-electron chi connectivity index (χ3n) is 4.62. The second kappa shape index (κ2) is 6.13. The summed E-state index contributed by atoms with van der Waals surface area (Å²) in [6.07, 6.45) is 0. The van der Waals surface area contributed by atoms with Gasteiger partial charge in [-0.05, 0) is 30.2 Å². The molecule has 2 aromatic carbocycles. The lowest BCUT2D eigenvalue weighted by Gasteiger charge is -2.12. The van der Waals surface area contributed by atoms with Crippen LogP contribution in [-0.2, 0) is 19.6 Å². The first kappa shape index (κ1) is 15.0. The van der Waals surface area contributed by atoms with Crippen LogP contribution in [0.3, 0.4) is 0 Å². The van der Waals surface area contributed by atoms with Gasteiger partial charge in [-0.3, -0.25) is 4.68 Å². The summed E-state index contributed by atoms with van der Waals surface area (Å²) < 4.78 is 7.40. The Morgan fingerprint density at radius 2 is 1.88 bits per heavy atom. The van der Waals surface area contributed by atoms with E-state index in [0.29, 0.717) is 0 Å². The van der Waals surface area contributed by atoms with Crippen molar-refractivity contribution >= 4 is 0 Å². The van der Waals surface area contributed by atoms with Gasteiger partial charge in [0.15, 0.2) is 0 Å². The minimum Gasteiger partial charge on any atom is -0.497 e. The predicted octanol–water partition coefficient (Wildman–Crippen LogP) is 3.52. The minimum atomic E-state index is 0.765. The van der Waals surface area contributed by atoms with Crippen molar-refractivity contribution in [3.63, 3.8) is 0 Å². The molecule has 1 N–H and O–H groups in total. The summed E-state index contributed by atoms with van der Waals surface area (Å²) in [7, 11) is 1.69. The maximum Gasteiger partial charge on any atom is 0.118 e. The number of hydrogen-bond acceptors (Lipinski definition) is 3. The summed E-state index contributed by atoms with van der Waals surface area (Å²) in [5.41, 5.74) is 7.51. The monoisotopic (exact) mass is 319 g/mol. The van der Waals surface area contributed by atoms with Crippen LogP contribution in [0.4, 0.5) is 0 Å². The standard InChI is InChI=1S/C20H21N3O/c1-14-5-3-4-6-17(14)20-18-11-21-12-19(18)22-23(20)13-15-7-9-16(24-2)10-8-15/h3-10,21H,11-13H2,1-2H3. The molecule has 1 aromatic heterocycles. The van der Waals surface area contributed by atoms with Crippen molar-refractivity contribution in [1.29, 1.82) is 0 Å². The first-order valence-corrected chi connectivity index (χ1v) is 8.24. The van der Waals surface area contributed by atoms with E-state index in [2.05, 4.69) is 53.3 Å². The highest BCUT2D eigenvalue weighted by Crippen LogP contribution is 2.32. The van der Waals surface area contributed by atoms with Crippen molar-refractivity contribution in [3.05, 3.63) is 70.9 Å². The molecule has 0 radical (unpaired) electrons. The van der Waals surface area contributed by atoms with Crippen LogP contribution in [0.1, 0.15) is 22.4 Å². The molecule has 4 nitrogen and oxygen atoms in total. The first-order valence-electron chi connectivity index (χ1n) is 8.24. The maximum atomic E-state index is 5.25. The molecule has 0 saturated heterocycles. The van der Waals surface area contributed by atoms with Crippen LogP contribution in [0.2, 0.25) is 0 Å². The van der Waals surface area contributed by atoms with Gasteiger partial charge in [-0.25, -0.2) is 0 Å². The van der Waals surface area contributed by atoms with Gasteiger partial charge in [0, 0.05) is 24.2 Å². The molecule has 1 aliphatic heterocycles. The van der Waals surface area contributed by atoms with Gasteiger partial charge in [0.25, 0.3) is 0 Å². The molecule has 0 aliphatic carbocycles. The highest BCUT2D eigenvalue weighted by molar-refractivity contribution is 5.68. The van der Waals surface area contributed by atoms with Crippen molar-refractivity contribution in [3.8, 4) is 17.0 Å². The molecule has 0 amide bonds. The largest absolute Gasteiger partial charge is 0.497 e. The minimum absolute atomic E-state index is 0.765. The van der Waals surface area contributed by atoms with Crippen LogP contribution in [0.5, 0.6) is 5.75 Å². The Labute approximate surface area is 142 Å². The zero-order valence-electron chi connectivity index (χ0n) is 14.0. The van der Waals surface area contributed by atoms with E-state index in [0.717, 1.165) is 25.4 Å². The van der Waals surface area contributed by atoms with E-state index >= 15 is 0 Å². The average Bonchev–Trinajstić information content (AvgIpc) is 3.17. The fourth-order valence-corrected chi connectivity index (χ4v) is 3.34. The molecule has 0 bridgehead atoms. The summed E-state index contributed by atoms with van der Waals surface area (Å²) in [6, 6.07) is 16.7. The van der Waals surface area contributed by atoms with Gasteiger partial charge in [0.05, 0.1) is 25.0 Å². The molecule has 1 aliphatic rings. The van der Waals surface area contributed by atoms with Gasteiger partial charge >= 0.3 is 0 Å². The molecule has 4 heteroatoms. The van der Waals surface area contributed by atoms with Gasteiger partial charge in [-0.1, -0.05) is 36.4 Å². The van der Waals surface area contributed by atoms with Crippen molar-refractivity contribution < 1.29 is 4.74 Å². The predicted molar refractivity (Wildman–Crippen MR) is 95.0 cm³/mol. The van der Waals surface area contributed by atoms with E-state index in [1.165, 1.54) is 33.6 Å². The van der Waals surface area contributed by atoms with E-state index in [9.17, 15) is 0 Å². The Hall–Kier alpha value is -2.59. The Bertz CT molecular complexity index is 865. The maximum absolute atomic E-state index is 5.25. The summed E-state index contributed by atoms with van der Waals surface area (Å²) >= 11 is 0. The van der Waals surface area contributed by atoms with Crippen LogP contribution in [-0.4, -0.2) is 16.9 Å². The number of fused-ring (bicyclic) bond motifs is 1. The highest BCUT2D eigenvalue weighted by Gasteiger charge is 2.23. The van der Waals surface area contributed by atoms with E-state index in [4.69, 9.17) is 9.84 Å². The fourth-order valence-electron chi connectivity index (χ4n) is 3.34. The molecule has 0 fully saturated rings. The van der Waals surface area contributed by atoms with Crippen LogP contribution in [0.25, 0.3) is 11.3 Å². The Kier molecular flexibility index (Phi) is 3.82. The smallest absolute Gasteiger partial charge is 0.118 e. The topological polar surface area (TPSA) is 39.1 Å². The zero-order chi connectivity index (χ0) is 16.5. The third kappa shape index (κ3) is 2.59. The lowest BCUT2D eigenvalue weighted by Crippen LogP contribution is -2.10. The number of aromatic nitrogens is 2. The Morgan fingerprint density at radius 1 is 1.08 bits per heavy atom. The molecule has 2 heterocycles. The number of ether oxygens (including phenoxy) is 1.